The lowest BCUT2D eigenvalue weighted by molar-refractivity contribution is -0.135. The average Bonchev–Trinajstić information content (AvgIpc) is 2.64. The van der Waals surface area contributed by atoms with E-state index in [1.807, 2.05) is 6.92 Å². The lowest BCUT2D eigenvalue weighted by atomic mass is 9.85. The van der Waals surface area contributed by atoms with E-state index in [1.165, 1.54) is 12.8 Å². The number of carbonyl (C=O) groups excluding carboxylic acids is 2. The van der Waals surface area contributed by atoms with Crippen LogP contribution in [0.1, 0.15) is 39.5 Å². The van der Waals surface area contributed by atoms with Crippen molar-refractivity contribution in [3.05, 3.63) is 29.3 Å². The van der Waals surface area contributed by atoms with E-state index in [-0.39, 0.29) is 30.8 Å². The Kier molecular flexibility index (Phi) is 10.7. The molecule has 0 spiro atoms. The first-order valence-electron chi connectivity index (χ1n) is 9.53. The summed E-state index contributed by atoms with van der Waals surface area (Å²) in [6, 6.07) is 6.97. The van der Waals surface area contributed by atoms with Crippen LogP contribution in [0.2, 0.25) is 5.02 Å². The van der Waals surface area contributed by atoms with Crippen molar-refractivity contribution < 1.29 is 9.59 Å². The molecule has 0 radical (unpaired) electrons. The number of nitrogens with zero attached hydrogens (tertiary/aromatic N) is 1. The summed E-state index contributed by atoms with van der Waals surface area (Å²) in [6.07, 6.45) is 3.68. The van der Waals surface area contributed by atoms with Gasteiger partial charge in [0.1, 0.15) is 0 Å². The SMILES string of the molecule is CCCN(CC(=O)Nc1ccc(Cl)cc1)C(=O)CC(C)C1CCCNC1.Cl. The van der Waals surface area contributed by atoms with Gasteiger partial charge >= 0.3 is 0 Å². The maximum Gasteiger partial charge on any atom is 0.243 e. The zero-order chi connectivity index (χ0) is 18.9. The van der Waals surface area contributed by atoms with Gasteiger partial charge in [-0.2, -0.15) is 0 Å². The Morgan fingerprint density at radius 3 is 2.63 bits per heavy atom. The second-order valence-corrected chi connectivity index (χ2v) is 7.59. The number of rotatable bonds is 8. The zero-order valence-electron chi connectivity index (χ0n) is 16.2. The molecule has 2 atom stereocenters. The highest BCUT2D eigenvalue weighted by Crippen LogP contribution is 2.23. The fourth-order valence-electron chi connectivity index (χ4n) is 3.40. The Bertz CT molecular complexity index is 589. The van der Waals surface area contributed by atoms with E-state index in [9.17, 15) is 9.59 Å². The van der Waals surface area contributed by atoms with Gasteiger partial charge < -0.3 is 15.5 Å². The van der Waals surface area contributed by atoms with E-state index in [2.05, 4.69) is 17.6 Å². The van der Waals surface area contributed by atoms with Crippen LogP contribution in [0.3, 0.4) is 0 Å². The van der Waals surface area contributed by atoms with Gasteiger partial charge in [-0.1, -0.05) is 25.4 Å². The van der Waals surface area contributed by atoms with E-state index in [0.29, 0.717) is 35.5 Å². The molecule has 7 heteroatoms. The number of amides is 2. The molecule has 2 amide bonds. The van der Waals surface area contributed by atoms with E-state index < -0.39 is 0 Å². The minimum absolute atomic E-state index is 0. The number of benzene rings is 1. The molecule has 2 rings (SSSR count). The van der Waals surface area contributed by atoms with E-state index in [1.54, 1.807) is 29.2 Å². The number of carbonyl (C=O) groups is 2. The Morgan fingerprint density at radius 2 is 2.04 bits per heavy atom. The molecule has 1 aromatic carbocycles. The molecule has 2 N–H and O–H groups in total. The van der Waals surface area contributed by atoms with Crippen LogP contribution in [0.4, 0.5) is 5.69 Å². The molecule has 0 aliphatic carbocycles. The molecule has 1 aromatic rings. The molecule has 2 unspecified atom stereocenters. The lowest BCUT2D eigenvalue weighted by Gasteiger charge is -2.30. The molecule has 1 aliphatic rings. The quantitative estimate of drug-likeness (QED) is 0.674. The van der Waals surface area contributed by atoms with Crippen LogP contribution in [0.5, 0.6) is 0 Å². The van der Waals surface area contributed by atoms with Gasteiger partial charge in [-0.25, -0.2) is 0 Å². The van der Waals surface area contributed by atoms with Crippen molar-refractivity contribution in [1.82, 2.24) is 10.2 Å². The Labute approximate surface area is 173 Å². The molecule has 0 saturated carbocycles. The van der Waals surface area contributed by atoms with Crippen molar-refractivity contribution in [2.45, 2.75) is 39.5 Å². The number of hydrogen-bond acceptors (Lipinski definition) is 3. The Morgan fingerprint density at radius 1 is 1.33 bits per heavy atom. The summed E-state index contributed by atoms with van der Waals surface area (Å²) in [5.74, 6) is 0.755. The third-order valence-electron chi connectivity index (χ3n) is 4.95. The van der Waals surface area contributed by atoms with Crippen LogP contribution < -0.4 is 10.6 Å². The first-order chi connectivity index (χ1) is 12.5. The van der Waals surface area contributed by atoms with Gasteiger partial charge in [-0.05, 0) is 68.5 Å². The molecule has 152 valence electrons. The summed E-state index contributed by atoms with van der Waals surface area (Å²) >= 11 is 5.86. The Hall–Kier alpha value is -1.30. The molecule has 1 heterocycles. The summed E-state index contributed by atoms with van der Waals surface area (Å²) in [4.78, 5) is 26.7. The molecule has 1 saturated heterocycles. The predicted octanol–water partition coefficient (Wildman–Crippen LogP) is 3.96. The minimum atomic E-state index is -0.180. The standard InChI is InChI=1S/C20H30ClN3O2.ClH/c1-3-11-24(14-19(25)23-18-8-6-17(21)7-9-18)20(26)12-15(2)16-5-4-10-22-13-16;/h6-9,15-16,22H,3-5,10-14H2,1-2H3,(H,23,25);1H. The molecule has 1 fully saturated rings. The molecule has 0 bridgehead atoms. The highest BCUT2D eigenvalue weighted by Gasteiger charge is 2.25. The number of halogens is 2. The Balaban J connectivity index is 0.00000364. The smallest absolute Gasteiger partial charge is 0.243 e. The van der Waals surface area contributed by atoms with Crippen LogP contribution in [-0.2, 0) is 9.59 Å². The van der Waals surface area contributed by atoms with Gasteiger partial charge in [0.25, 0.3) is 0 Å². The third-order valence-corrected chi connectivity index (χ3v) is 5.20. The first-order valence-corrected chi connectivity index (χ1v) is 9.91. The van der Waals surface area contributed by atoms with Gasteiger partial charge in [0.2, 0.25) is 11.8 Å². The minimum Gasteiger partial charge on any atom is -0.333 e. The predicted molar refractivity (Wildman–Crippen MR) is 114 cm³/mol. The molecule has 27 heavy (non-hydrogen) atoms. The van der Waals surface area contributed by atoms with Gasteiger partial charge in [0.05, 0.1) is 6.54 Å². The zero-order valence-corrected chi connectivity index (χ0v) is 17.7. The van der Waals surface area contributed by atoms with Crippen molar-refractivity contribution in [2.75, 3.05) is 31.5 Å². The van der Waals surface area contributed by atoms with E-state index in [4.69, 9.17) is 11.6 Å². The molecular weight excluding hydrogens is 385 g/mol. The van der Waals surface area contributed by atoms with Crippen molar-refractivity contribution >= 4 is 41.5 Å². The monoisotopic (exact) mass is 415 g/mol. The largest absolute Gasteiger partial charge is 0.333 e. The van der Waals surface area contributed by atoms with Crippen molar-refractivity contribution in [3.8, 4) is 0 Å². The fourth-order valence-corrected chi connectivity index (χ4v) is 3.53. The molecule has 5 nitrogen and oxygen atoms in total. The highest BCUT2D eigenvalue weighted by molar-refractivity contribution is 6.30. The maximum absolute atomic E-state index is 12.7. The average molecular weight is 416 g/mol. The van der Waals surface area contributed by atoms with E-state index >= 15 is 0 Å². The number of anilines is 1. The summed E-state index contributed by atoms with van der Waals surface area (Å²) in [6.45, 7) is 6.91. The summed E-state index contributed by atoms with van der Waals surface area (Å²) in [7, 11) is 0. The molecule has 0 aromatic heterocycles. The van der Waals surface area contributed by atoms with Crippen molar-refractivity contribution in [2.24, 2.45) is 11.8 Å². The van der Waals surface area contributed by atoms with Crippen LogP contribution in [0, 0.1) is 11.8 Å². The summed E-state index contributed by atoms with van der Waals surface area (Å²) < 4.78 is 0. The van der Waals surface area contributed by atoms with E-state index in [0.717, 1.165) is 19.5 Å². The van der Waals surface area contributed by atoms with Gasteiger partial charge in [0.15, 0.2) is 0 Å². The number of hydrogen-bond donors (Lipinski definition) is 2. The first kappa shape index (κ1) is 23.7. The maximum atomic E-state index is 12.7. The molecule has 1 aliphatic heterocycles. The lowest BCUT2D eigenvalue weighted by Crippen LogP contribution is -2.41. The second-order valence-electron chi connectivity index (χ2n) is 7.16. The second kappa shape index (κ2) is 12.2. The molecular formula is C20H31Cl2N3O2. The van der Waals surface area contributed by atoms with Crippen LogP contribution in [0.15, 0.2) is 24.3 Å². The van der Waals surface area contributed by atoms with Gasteiger partial charge in [-0.15, -0.1) is 12.4 Å². The van der Waals surface area contributed by atoms with Gasteiger partial charge in [0, 0.05) is 23.7 Å². The summed E-state index contributed by atoms with van der Waals surface area (Å²) in [5, 5.41) is 6.86. The summed E-state index contributed by atoms with van der Waals surface area (Å²) in [5.41, 5.74) is 0.685. The van der Waals surface area contributed by atoms with Crippen LogP contribution >= 0.6 is 24.0 Å². The topological polar surface area (TPSA) is 61.4 Å². The van der Waals surface area contributed by atoms with Gasteiger partial charge in [-0.3, -0.25) is 9.59 Å². The van der Waals surface area contributed by atoms with Crippen molar-refractivity contribution in [1.29, 1.82) is 0 Å². The third kappa shape index (κ3) is 8.08. The fraction of sp³-hybridized carbons (Fsp3) is 0.600. The highest BCUT2D eigenvalue weighted by atomic mass is 35.5. The van der Waals surface area contributed by atoms with Crippen LogP contribution in [-0.4, -0.2) is 42.9 Å². The van der Waals surface area contributed by atoms with Crippen LogP contribution in [0.25, 0.3) is 0 Å². The number of nitrogens with one attached hydrogen (secondary N) is 2. The van der Waals surface area contributed by atoms with Crippen molar-refractivity contribution in [3.63, 3.8) is 0 Å². The number of piperidine rings is 1. The normalized spacial score (nSPS) is 17.5.